The molecule has 63 heavy (non-hydrogen) atoms. The molecule has 0 spiro atoms. The summed E-state index contributed by atoms with van der Waals surface area (Å²) in [6.07, 6.45) is 0. The van der Waals surface area contributed by atoms with Gasteiger partial charge in [-0.05, 0) is 180 Å². The molecule has 0 bridgehead atoms. The maximum absolute atomic E-state index is 2.63. The van der Waals surface area contributed by atoms with E-state index in [2.05, 4.69) is 211 Å². The third-order valence-corrected chi connectivity index (χ3v) is 17.3. The second kappa shape index (κ2) is 14.2. The van der Waals surface area contributed by atoms with Gasteiger partial charge in [0.2, 0.25) is 0 Å². The average Bonchev–Trinajstić information content (AvgIpc) is 4.12. The molecular formula is C60H46S3. The quantitative estimate of drug-likeness (QED) is 0.156. The molecule has 12 rings (SSSR count). The fourth-order valence-electron chi connectivity index (χ4n) is 10.9. The maximum atomic E-state index is 2.63. The molecule has 0 unspecified atom stereocenters. The van der Waals surface area contributed by atoms with Crippen molar-refractivity contribution >= 4 is 44.1 Å². The van der Waals surface area contributed by atoms with Crippen molar-refractivity contribution in [3.8, 4) is 42.4 Å². The molecule has 0 fully saturated rings. The lowest BCUT2D eigenvalue weighted by atomic mass is 9.65. The van der Waals surface area contributed by atoms with Gasteiger partial charge in [-0.15, -0.1) is 34.0 Å². The number of hydrogen-bond donors (Lipinski definition) is 0. The smallest absolute Gasteiger partial charge is 0.0714 e. The predicted octanol–water partition coefficient (Wildman–Crippen LogP) is 16.9. The summed E-state index contributed by atoms with van der Waals surface area (Å²) >= 11 is 5.69. The van der Waals surface area contributed by atoms with E-state index in [-0.39, 0.29) is 0 Å². The van der Waals surface area contributed by atoms with Gasteiger partial charge in [0.25, 0.3) is 0 Å². The van der Waals surface area contributed by atoms with Crippen molar-refractivity contribution in [1.29, 1.82) is 0 Å². The topological polar surface area (TPSA) is 0 Å². The van der Waals surface area contributed by atoms with Crippen LogP contribution in [-0.4, -0.2) is 0 Å². The van der Waals surface area contributed by atoms with Crippen LogP contribution < -0.4 is 0 Å². The van der Waals surface area contributed by atoms with Crippen molar-refractivity contribution in [2.24, 2.45) is 0 Å². The highest BCUT2D eigenvalue weighted by Crippen LogP contribution is 2.63. The van der Waals surface area contributed by atoms with Gasteiger partial charge in [-0.25, -0.2) is 0 Å². The molecule has 7 aromatic carbocycles. The molecule has 0 saturated carbocycles. The van der Waals surface area contributed by atoms with Gasteiger partial charge in [-0.1, -0.05) is 131 Å². The standard InChI is InChI=1S/C60H46S3/c1-35-7-18-43(19-8-35)59(44-20-9-36(2)10-21-44)51-30-41(55-27-15-39(5)61-55)17-26-47(51)49-32-53-50(33-52(49)59)48-29-42-31-58(56-28-16-40(6)62-56)63-57(42)34-54(48)60(53,45-22-11-37(3)12-23-45)46-24-13-38(4)14-25-46/h7-34H,1-6H3. The van der Waals surface area contributed by atoms with E-state index in [1.165, 1.54) is 129 Å². The monoisotopic (exact) mass is 862 g/mol. The molecule has 0 radical (unpaired) electrons. The van der Waals surface area contributed by atoms with Crippen molar-refractivity contribution in [3.63, 3.8) is 0 Å². The summed E-state index contributed by atoms with van der Waals surface area (Å²) in [6.45, 7) is 13.2. The third kappa shape index (κ3) is 5.69. The highest BCUT2D eigenvalue weighted by molar-refractivity contribution is 7.26. The summed E-state index contributed by atoms with van der Waals surface area (Å²) in [5, 5.41) is 1.30. The van der Waals surface area contributed by atoms with E-state index in [4.69, 9.17) is 0 Å². The molecule has 3 heteroatoms. The molecule has 3 aromatic heterocycles. The van der Waals surface area contributed by atoms with E-state index >= 15 is 0 Å². The zero-order valence-corrected chi connectivity index (χ0v) is 38.8. The Morgan fingerprint density at radius 1 is 0.302 bits per heavy atom. The summed E-state index contributed by atoms with van der Waals surface area (Å²) in [5.41, 5.74) is 21.1. The van der Waals surface area contributed by atoms with Crippen LogP contribution in [0, 0.1) is 41.5 Å². The Hall–Kier alpha value is -6.10. The zero-order chi connectivity index (χ0) is 42.8. The summed E-state index contributed by atoms with van der Waals surface area (Å²) in [5.74, 6) is 0. The first-order valence-electron chi connectivity index (χ1n) is 22.0. The molecule has 0 amide bonds. The van der Waals surface area contributed by atoms with Gasteiger partial charge >= 0.3 is 0 Å². The van der Waals surface area contributed by atoms with Gasteiger partial charge in [-0.2, -0.15) is 0 Å². The van der Waals surface area contributed by atoms with Crippen molar-refractivity contribution in [1.82, 2.24) is 0 Å². The van der Waals surface area contributed by atoms with Crippen LogP contribution in [-0.2, 0) is 10.8 Å². The van der Waals surface area contributed by atoms with Crippen LogP contribution in [0.25, 0.3) is 52.5 Å². The van der Waals surface area contributed by atoms with Crippen LogP contribution in [0.1, 0.15) is 76.5 Å². The molecule has 2 aliphatic carbocycles. The Balaban J connectivity index is 1.23. The van der Waals surface area contributed by atoms with Crippen molar-refractivity contribution in [2.75, 3.05) is 0 Å². The average molecular weight is 863 g/mol. The van der Waals surface area contributed by atoms with Crippen LogP contribution in [0.15, 0.2) is 170 Å². The largest absolute Gasteiger partial charge is 0.141 e. The third-order valence-electron chi connectivity index (χ3n) is 14.0. The molecule has 2 aliphatic rings. The van der Waals surface area contributed by atoms with E-state index in [1.807, 2.05) is 34.0 Å². The van der Waals surface area contributed by atoms with Gasteiger partial charge < -0.3 is 0 Å². The molecule has 0 nitrogen and oxygen atoms in total. The van der Waals surface area contributed by atoms with Crippen LogP contribution in [0.2, 0.25) is 0 Å². The molecule has 0 aliphatic heterocycles. The second-order valence-corrected chi connectivity index (χ2v) is 21.7. The van der Waals surface area contributed by atoms with E-state index in [0.29, 0.717) is 0 Å². The van der Waals surface area contributed by atoms with Crippen LogP contribution >= 0.6 is 34.0 Å². The lowest BCUT2D eigenvalue weighted by Crippen LogP contribution is -2.30. The van der Waals surface area contributed by atoms with E-state index in [0.717, 1.165) is 0 Å². The van der Waals surface area contributed by atoms with Crippen molar-refractivity contribution in [2.45, 2.75) is 52.4 Å². The predicted molar refractivity (Wildman–Crippen MR) is 271 cm³/mol. The first-order valence-corrected chi connectivity index (χ1v) is 24.4. The Morgan fingerprint density at radius 2 is 0.714 bits per heavy atom. The number of fused-ring (bicyclic) bond motifs is 7. The first kappa shape index (κ1) is 38.6. The SMILES string of the molecule is Cc1ccc(C2(c3ccc(C)cc3)c3cc(-c4ccc(C)s4)ccc3-c3cc4c(cc32)-c2cc3cc(-c5ccc(C)s5)sc3cc2C4(c2ccc(C)cc2)c2ccc(C)cc2)cc1. The van der Waals surface area contributed by atoms with Gasteiger partial charge in [0.05, 0.1) is 10.8 Å². The minimum atomic E-state index is -0.556. The molecule has 0 atom stereocenters. The lowest BCUT2D eigenvalue weighted by Gasteiger charge is -2.36. The van der Waals surface area contributed by atoms with Gasteiger partial charge in [0, 0.05) is 29.1 Å². The van der Waals surface area contributed by atoms with Gasteiger partial charge in [-0.3, -0.25) is 0 Å². The summed E-state index contributed by atoms with van der Waals surface area (Å²) in [7, 11) is 0. The van der Waals surface area contributed by atoms with E-state index < -0.39 is 10.8 Å². The normalized spacial score (nSPS) is 14.1. The highest BCUT2D eigenvalue weighted by atomic mass is 32.1. The molecule has 3 heterocycles. The van der Waals surface area contributed by atoms with E-state index in [1.54, 1.807) is 0 Å². The van der Waals surface area contributed by atoms with Crippen LogP contribution in [0.5, 0.6) is 0 Å². The Kier molecular flexibility index (Phi) is 8.70. The summed E-state index contributed by atoms with van der Waals surface area (Å²) in [4.78, 5) is 6.65. The fraction of sp³-hybridized carbons (Fsp3) is 0.133. The Morgan fingerprint density at radius 3 is 1.17 bits per heavy atom. The molecule has 0 saturated heterocycles. The minimum absolute atomic E-state index is 0.549. The lowest BCUT2D eigenvalue weighted by molar-refractivity contribution is 0.758. The van der Waals surface area contributed by atoms with Gasteiger partial charge in [0.15, 0.2) is 0 Å². The molecule has 0 N–H and O–H groups in total. The number of benzene rings is 7. The fourth-order valence-corrected chi connectivity index (χ4v) is 13.8. The summed E-state index contributed by atoms with van der Waals surface area (Å²) in [6, 6.07) is 66.8. The highest BCUT2D eigenvalue weighted by Gasteiger charge is 2.51. The second-order valence-electron chi connectivity index (χ2n) is 18.0. The zero-order valence-electron chi connectivity index (χ0n) is 36.4. The van der Waals surface area contributed by atoms with Crippen molar-refractivity contribution < 1.29 is 0 Å². The number of hydrogen-bond acceptors (Lipinski definition) is 3. The number of rotatable bonds is 6. The van der Waals surface area contributed by atoms with Crippen LogP contribution in [0.4, 0.5) is 0 Å². The number of aryl methyl sites for hydroxylation is 6. The Bertz CT molecular complexity index is 3330. The molecular weight excluding hydrogens is 817 g/mol. The van der Waals surface area contributed by atoms with Crippen molar-refractivity contribution in [3.05, 3.63) is 246 Å². The maximum Gasteiger partial charge on any atom is 0.0714 e. The van der Waals surface area contributed by atoms with Crippen LogP contribution in [0.3, 0.4) is 0 Å². The summed E-state index contributed by atoms with van der Waals surface area (Å²) < 4.78 is 1.33. The Labute approximate surface area is 382 Å². The molecule has 10 aromatic rings. The minimum Gasteiger partial charge on any atom is -0.141 e. The first-order chi connectivity index (χ1) is 30.6. The van der Waals surface area contributed by atoms with Gasteiger partial charge in [0.1, 0.15) is 0 Å². The number of thiophene rings is 3. The van der Waals surface area contributed by atoms with E-state index in [9.17, 15) is 0 Å². The molecule has 304 valence electrons.